The van der Waals surface area contributed by atoms with Crippen molar-refractivity contribution in [3.05, 3.63) is 17.5 Å². The number of rotatable bonds is 7. The van der Waals surface area contributed by atoms with Gasteiger partial charge in [0.2, 0.25) is 0 Å². The smallest absolute Gasteiger partial charge is 0.305 e. The Bertz CT molecular complexity index is 595. The number of hydrogen-bond donors (Lipinski definition) is 1. The van der Waals surface area contributed by atoms with E-state index in [1.165, 1.54) is 0 Å². The van der Waals surface area contributed by atoms with Gasteiger partial charge in [-0.1, -0.05) is 13.8 Å². The van der Waals surface area contributed by atoms with Crippen LogP contribution in [0.4, 0.5) is 0 Å². The van der Waals surface area contributed by atoms with Crippen LogP contribution in [-0.2, 0) is 9.53 Å². The van der Waals surface area contributed by atoms with E-state index in [0.29, 0.717) is 18.7 Å². The van der Waals surface area contributed by atoms with Crippen molar-refractivity contribution in [3.8, 4) is 0 Å². The van der Waals surface area contributed by atoms with Crippen molar-refractivity contribution in [3.63, 3.8) is 0 Å². The zero-order chi connectivity index (χ0) is 17.9. The van der Waals surface area contributed by atoms with Crippen LogP contribution in [0.15, 0.2) is 6.07 Å². The molecule has 0 bridgehead atoms. The molecule has 0 aliphatic carbocycles. The van der Waals surface area contributed by atoms with Gasteiger partial charge in [0.15, 0.2) is 5.69 Å². The molecule has 2 atom stereocenters. The number of aliphatic carboxylic acids is 1. The van der Waals surface area contributed by atoms with E-state index >= 15 is 0 Å². The standard InChI is InChI=1S/C17H27N3O4/c1-5-12(6-2)20-11(3)7-15(18-20)17(23)19-10-14(24-4)8-13(19)9-16(21)22/h7,12-14H,5-6,8-10H2,1-4H3,(H,21,22). The first-order valence-corrected chi connectivity index (χ1v) is 8.52. The molecule has 0 saturated carbocycles. The summed E-state index contributed by atoms with van der Waals surface area (Å²) in [5.41, 5.74) is 1.33. The monoisotopic (exact) mass is 337 g/mol. The highest BCUT2D eigenvalue weighted by Crippen LogP contribution is 2.25. The Hall–Kier alpha value is -1.89. The predicted molar refractivity (Wildman–Crippen MR) is 89.1 cm³/mol. The zero-order valence-electron chi connectivity index (χ0n) is 14.9. The number of amides is 1. The molecule has 1 aliphatic heterocycles. The third-order valence-electron chi connectivity index (χ3n) is 4.81. The Morgan fingerprint density at radius 2 is 2.08 bits per heavy atom. The van der Waals surface area contributed by atoms with Crippen molar-refractivity contribution in [2.75, 3.05) is 13.7 Å². The van der Waals surface area contributed by atoms with Gasteiger partial charge in [-0.25, -0.2) is 0 Å². The summed E-state index contributed by atoms with van der Waals surface area (Å²) in [4.78, 5) is 25.5. The number of carbonyl (C=O) groups is 2. The SMILES string of the molecule is CCC(CC)n1nc(C(=O)N2CC(OC)CC2CC(=O)O)cc1C. The number of ether oxygens (including phenoxy) is 1. The predicted octanol–water partition coefficient (Wildman–Crippen LogP) is 2.26. The van der Waals surface area contributed by atoms with Crippen LogP contribution < -0.4 is 0 Å². The zero-order valence-corrected chi connectivity index (χ0v) is 14.9. The Kier molecular flexibility index (Phi) is 5.99. The Balaban J connectivity index is 2.23. The van der Waals surface area contributed by atoms with Gasteiger partial charge in [-0.15, -0.1) is 0 Å². The molecule has 2 heterocycles. The Morgan fingerprint density at radius 3 is 2.62 bits per heavy atom. The number of aryl methyl sites for hydroxylation is 1. The molecular weight excluding hydrogens is 310 g/mol. The molecule has 1 aromatic rings. The maximum atomic E-state index is 12.9. The average molecular weight is 337 g/mol. The fraction of sp³-hybridized carbons (Fsp3) is 0.706. The quantitative estimate of drug-likeness (QED) is 0.825. The van der Waals surface area contributed by atoms with Crippen LogP contribution in [0, 0.1) is 6.92 Å². The van der Waals surface area contributed by atoms with Gasteiger partial charge in [0.05, 0.1) is 18.6 Å². The molecule has 1 fully saturated rings. The fourth-order valence-electron chi connectivity index (χ4n) is 3.43. The van der Waals surface area contributed by atoms with E-state index in [2.05, 4.69) is 18.9 Å². The van der Waals surface area contributed by atoms with Gasteiger partial charge < -0.3 is 14.7 Å². The van der Waals surface area contributed by atoms with Crippen LogP contribution in [0.1, 0.15) is 61.8 Å². The first-order chi connectivity index (χ1) is 11.4. The molecule has 0 aromatic carbocycles. The Morgan fingerprint density at radius 1 is 1.42 bits per heavy atom. The molecular formula is C17H27N3O4. The van der Waals surface area contributed by atoms with Gasteiger partial charge in [-0.2, -0.15) is 5.10 Å². The second kappa shape index (κ2) is 7.79. The molecule has 134 valence electrons. The number of carboxylic acid groups (broad SMARTS) is 1. The molecule has 7 nitrogen and oxygen atoms in total. The molecule has 2 unspecified atom stereocenters. The molecule has 1 saturated heterocycles. The summed E-state index contributed by atoms with van der Waals surface area (Å²) in [6.07, 6.45) is 2.24. The minimum Gasteiger partial charge on any atom is -0.481 e. The van der Waals surface area contributed by atoms with Crippen molar-refractivity contribution >= 4 is 11.9 Å². The number of nitrogens with zero attached hydrogens (tertiary/aromatic N) is 3. The number of aromatic nitrogens is 2. The number of carboxylic acids is 1. The van der Waals surface area contributed by atoms with E-state index in [1.807, 2.05) is 11.6 Å². The molecule has 7 heteroatoms. The van der Waals surface area contributed by atoms with E-state index in [0.717, 1.165) is 18.5 Å². The van der Waals surface area contributed by atoms with Crippen molar-refractivity contribution in [1.29, 1.82) is 0 Å². The van der Waals surface area contributed by atoms with Crippen LogP contribution >= 0.6 is 0 Å². The maximum Gasteiger partial charge on any atom is 0.305 e. The molecule has 24 heavy (non-hydrogen) atoms. The largest absolute Gasteiger partial charge is 0.481 e. The lowest BCUT2D eigenvalue weighted by Crippen LogP contribution is -2.37. The summed E-state index contributed by atoms with van der Waals surface area (Å²) in [5, 5.41) is 13.6. The van der Waals surface area contributed by atoms with Gasteiger partial charge in [0.1, 0.15) is 0 Å². The van der Waals surface area contributed by atoms with E-state index in [4.69, 9.17) is 9.84 Å². The molecule has 1 aliphatic rings. The summed E-state index contributed by atoms with van der Waals surface area (Å²) in [5.74, 6) is -1.12. The summed E-state index contributed by atoms with van der Waals surface area (Å²) < 4.78 is 7.23. The first kappa shape index (κ1) is 18.4. The topological polar surface area (TPSA) is 84.7 Å². The first-order valence-electron chi connectivity index (χ1n) is 8.52. The van der Waals surface area contributed by atoms with Gasteiger partial charge in [-0.3, -0.25) is 14.3 Å². The van der Waals surface area contributed by atoms with Crippen LogP contribution in [-0.4, -0.2) is 57.5 Å². The highest BCUT2D eigenvalue weighted by molar-refractivity contribution is 5.93. The summed E-state index contributed by atoms with van der Waals surface area (Å²) >= 11 is 0. The van der Waals surface area contributed by atoms with E-state index in [9.17, 15) is 9.59 Å². The number of carbonyl (C=O) groups excluding carboxylic acids is 1. The minimum absolute atomic E-state index is 0.0716. The Labute approximate surface area is 142 Å². The molecule has 0 spiro atoms. The lowest BCUT2D eigenvalue weighted by Gasteiger charge is -2.22. The second-order valence-electron chi connectivity index (χ2n) is 6.39. The summed E-state index contributed by atoms with van der Waals surface area (Å²) in [6.45, 7) is 6.55. The average Bonchev–Trinajstić information content (AvgIpc) is 3.12. The van der Waals surface area contributed by atoms with Crippen LogP contribution in [0.25, 0.3) is 0 Å². The van der Waals surface area contributed by atoms with E-state index < -0.39 is 5.97 Å². The van der Waals surface area contributed by atoms with Gasteiger partial charge in [0, 0.05) is 25.4 Å². The number of hydrogen-bond acceptors (Lipinski definition) is 4. The third-order valence-corrected chi connectivity index (χ3v) is 4.81. The lowest BCUT2D eigenvalue weighted by atomic mass is 10.1. The molecule has 0 radical (unpaired) electrons. The fourth-order valence-corrected chi connectivity index (χ4v) is 3.43. The van der Waals surface area contributed by atoms with Crippen LogP contribution in [0.5, 0.6) is 0 Å². The van der Waals surface area contributed by atoms with E-state index in [-0.39, 0.29) is 30.5 Å². The van der Waals surface area contributed by atoms with Gasteiger partial charge in [-0.05, 0) is 32.3 Å². The highest BCUT2D eigenvalue weighted by atomic mass is 16.5. The molecule has 1 aromatic heterocycles. The second-order valence-corrected chi connectivity index (χ2v) is 6.39. The minimum atomic E-state index is -0.909. The number of likely N-dealkylation sites (tertiary alicyclic amines) is 1. The third kappa shape index (κ3) is 3.77. The van der Waals surface area contributed by atoms with Crippen molar-refractivity contribution in [1.82, 2.24) is 14.7 Å². The van der Waals surface area contributed by atoms with Crippen molar-refractivity contribution < 1.29 is 19.4 Å². The van der Waals surface area contributed by atoms with Crippen LogP contribution in [0.2, 0.25) is 0 Å². The van der Waals surface area contributed by atoms with E-state index in [1.54, 1.807) is 18.1 Å². The van der Waals surface area contributed by atoms with Gasteiger partial charge in [0.25, 0.3) is 5.91 Å². The van der Waals surface area contributed by atoms with Gasteiger partial charge >= 0.3 is 5.97 Å². The van der Waals surface area contributed by atoms with Crippen molar-refractivity contribution in [2.45, 2.75) is 64.6 Å². The molecule has 1 amide bonds. The normalized spacial score (nSPS) is 20.8. The summed E-state index contributed by atoms with van der Waals surface area (Å²) in [7, 11) is 1.59. The summed E-state index contributed by atoms with van der Waals surface area (Å²) in [6, 6.07) is 1.71. The lowest BCUT2D eigenvalue weighted by molar-refractivity contribution is -0.138. The highest BCUT2D eigenvalue weighted by Gasteiger charge is 2.37. The molecule has 2 rings (SSSR count). The molecule has 1 N–H and O–H groups in total. The van der Waals surface area contributed by atoms with Crippen LogP contribution in [0.3, 0.4) is 0 Å². The maximum absolute atomic E-state index is 12.9. The number of methoxy groups -OCH3 is 1. The van der Waals surface area contributed by atoms with Crippen molar-refractivity contribution in [2.24, 2.45) is 0 Å².